The third-order valence-electron chi connectivity index (χ3n) is 4.98. The molecule has 0 aliphatic carbocycles. The summed E-state index contributed by atoms with van der Waals surface area (Å²) < 4.78 is 2.01. The van der Waals surface area contributed by atoms with Gasteiger partial charge >= 0.3 is 0 Å². The molecule has 3 rings (SSSR count). The van der Waals surface area contributed by atoms with E-state index in [-0.39, 0.29) is 11.9 Å². The quantitative estimate of drug-likeness (QED) is 0.850. The van der Waals surface area contributed by atoms with E-state index in [9.17, 15) is 4.79 Å². The van der Waals surface area contributed by atoms with Gasteiger partial charge in [0.05, 0.1) is 0 Å². The van der Waals surface area contributed by atoms with E-state index in [1.807, 2.05) is 47.3 Å². The number of hydrogen-bond donors (Lipinski definition) is 1. The van der Waals surface area contributed by atoms with Crippen molar-refractivity contribution in [3.8, 4) is 0 Å². The zero-order valence-electron chi connectivity index (χ0n) is 14.4. The molecule has 0 saturated carbocycles. The number of benzene rings is 1. The summed E-state index contributed by atoms with van der Waals surface area (Å²) in [5.41, 5.74) is 1.18. The number of nitrogens with zero attached hydrogens (tertiary/aromatic N) is 2. The Bertz CT molecular complexity index is 624. The average Bonchev–Trinajstić information content (AvgIpc) is 3.29. The lowest BCUT2D eigenvalue weighted by Gasteiger charge is -2.25. The van der Waals surface area contributed by atoms with Crippen LogP contribution >= 0.6 is 0 Å². The topological polar surface area (TPSA) is 37.3 Å². The van der Waals surface area contributed by atoms with Crippen molar-refractivity contribution in [1.29, 1.82) is 0 Å². The van der Waals surface area contributed by atoms with Gasteiger partial charge < -0.3 is 9.88 Å². The Kier molecular flexibility index (Phi) is 5.70. The Hall–Kier alpha value is -2.07. The minimum Gasteiger partial charge on any atom is -0.353 e. The summed E-state index contributed by atoms with van der Waals surface area (Å²) in [4.78, 5) is 15.3. The number of hydrogen-bond acceptors (Lipinski definition) is 2. The van der Waals surface area contributed by atoms with Gasteiger partial charge in [0.1, 0.15) is 6.04 Å². The van der Waals surface area contributed by atoms with Gasteiger partial charge in [-0.3, -0.25) is 9.69 Å². The van der Waals surface area contributed by atoms with Gasteiger partial charge in [-0.05, 0) is 43.6 Å². The van der Waals surface area contributed by atoms with Crippen LogP contribution in [0, 0.1) is 0 Å². The van der Waals surface area contributed by atoms with Crippen LogP contribution in [-0.4, -0.2) is 41.1 Å². The Morgan fingerprint density at radius 2 is 1.96 bits per heavy atom. The highest BCUT2D eigenvalue weighted by molar-refractivity contribution is 5.80. The SMILES string of the molecule is CCN1CCCC1CNC(=O)[C@@H](Cc1ccccc1)n1cccc1. The fraction of sp³-hybridized carbons (Fsp3) is 0.450. The van der Waals surface area contributed by atoms with Gasteiger partial charge in [-0.1, -0.05) is 37.3 Å². The van der Waals surface area contributed by atoms with Gasteiger partial charge in [-0.25, -0.2) is 0 Å². The van der Waals surface area contributed by atoms with E-state index in [4.69, 9.17) is 0 Å². The Balaban J connectivity index is 1.65. The summed E-state index contributed by atoms with van der Waals surface area (Å²) in [6, 6.07) is 14.5. The number of carbonyl (C=O) groups is 1. The molecule has 1 aliphatic rings. The van der Waals surface area contributed by atoms with Crippen molar-refractivity contribution in [2.24, 2.45) is 0 Å². The van der Waals surface area contributed by atoms with Crippen molar-refractivity contribution in [1.82, 2.24) is 14.8 Å². The molecule has 0 radical (unpaired) electrons. The molecule has 24 heavy (non-hydrogen) atoms. The molecule has 1 N–H and O–H groups in total. The molecule has 1 unspecified atom stereocenters. The largest absolute Gasteiger partial charge is 0.353 e. The third-order valence-corrected chi connectivity index (χ3v) is 4.98. The van der Waals surface area contributed by atoms with Gasteiger partial charge in [0, 0.05) is 31.4 Å². The summed E-state index contributed by atoms with van der Waals surface area (Å²) in [7, 11) is 0. The van der Waals surface area contributed by atoms with Gasteiger partial charge in [0.2, 0.25) is 5.91 Å². The molecule has 1 aromatic heterocycles. The summed E-state index contributed by atoms with van der Waals surface area (Å²) in [5, 5.41) is 3.20. The Labute approximate surface area is 144 Å². The van der Waals surface area contributed by atoms with Crippen LogP contribution in [0.1, 0.15) is 31.4 Å². The van der Waals surface area contributed by atoms with E-state index in [0.29, 0.717) is 12.5 Å². The molecule has 2 aromatic rings. The fourth-order valence-electron chi connectivity index (χ4n) is 3.61. The van der Waals surface area contributed by atoms with E-state index >= 15 is 0 Å². The highest BCUT2D eigenvalue weighted by Gasteiger charge is 2.25. The second kappa shape index (κ2) is 8.15. The number of nitrogens with one attached hydrogen (secondary N) is 1. The third kappa shape index (κ3) is 4.06. The number of likely N-dealkylation sites (tertiary alicyclic amines) is 1. The minimum absolute atomic E-state index is 0.109. The van der Waals surface area contributed by atoms with Crippen LogP contribution in [0.15, 0.2) is 54.9 Å². The molecule has 2 atom stereocenters. The second-order valence-electron chi connectivity index (χ2n) is 6.51. The molecule has 1 aliphatic heterocycles. The van der Waals surface area contributed by atoms with Crippen LogP contribution < -0.4 is 5.32 Å². The van der Waals surface area contributed by atoms with Crippen molar-refractivity contribution < 1.29 is 4.79 Å². The van der Waals surface area contributed by atoms with E-state index in [1.165, 1.54) is 18.4 Å². The molecule has 1 saturated heterocycles. The molecule has 0 spiro atoms. The first-order valence-corrected chi connectivity index (χ1v) is 8.96. The number of carbonyl (C=O) groups excluding carboxylic acids is 1. The molecule has 4 nitrogen and oxygen atoms in total. The number of amides is 1. The zero-order chi connectivity index (χ0) is 16.8. The fourth-order valence-corrected chi connectivity index (χ4v) is 3.61. The van der Waals surface area contributed by atoms with Crippen molar-refractivity contribution in [2.45, 2.75) is 38.3 Å². The summed E-state index contributed by atoms with van der Waals surface area (Å²) in [5.74, 6) is 0.109. The lowest BCUT2D eigenvalue weighted by Crippen LogP contribution is -2.42. The van der Waals surface area contributed by atoms with Crippen LogP contribution in [-0.2, 0) is 11.2 Å². The van der Waals surface area contributed by atoms with Crippen molar-refractivity contribution in [3.05, 3.63) is 60.4 Å². The van der Waals surface area contributed by atoms with Crippen LogP contribution in [0.25, 0.3) is 0 Å². The molecule has 4 heteroatoms. The average molecular weight is 325 g/mol. The first-order valence-electron chi connectivity index (χ1n) is 8.96. The molecule has 2 heterocycles. The zero-order valence-corrected chi connectivity index (χ0v) is 14.4. The summed E-state index contributed by atoms with van der Waals surface area (Å²) >= 11 is 0. The first kappa shape index (κ1) is 16.8. The van der Waals surface area contributed by atoms with Crippen molar-refractivity contribution >= 4 is 5.91 Å². The number of aromatic nitrogens is 1. The maximum absolute atomic E-state index is 12.8. The van der Waals surface area contributed by atoms with Gasteiger partial charge in [-0.15, -0.1) is 0 Å². The van der Waals surface area contributed by atoms with Crippen molar-refractivity contribution in [3.63, 3.8) is 0 Å². The van der Waals surface area contributed by atoms with Gasteiger partial charge in [-0.2, -0.15) is 0 Å². The van der Waals surface area contributed by atoms with Crippen LogP contribution in [0.4, 0.5) is 0 Å². The molecule has 1 amide bonds. The highest BCUT2D eigenvalue weighted by atomic mass is 16.2. The summed E-state index contributed by atoms with van der Waals surface area (Å²) in [6.45, 7) is 5.16. The lowest BCUT2D eigenvalue weighted by molar-refractivity contribution is -0.124. The maximum atomic E-state index is 12.8. The van der Waals surface area contributed by atoms with E-state index < -0.39 is 0 Å². The molecule has 1 aromatic carbocycles. The molecular weight excluding hydrogens is 298 g/mol. The first-order chi connectivity index (χ1) is 11.8. The van der Waals surface area contributed by atoms with Gasteiger partial charge in [0.25, 0.3) is 0 Å². The van der Waals surface area contributed by atoms with E-state index in [0.717, 1.165) is 19.6 Å². The normalized spacial score (nSPS) is 19.3. The second-order valence-corrected chi connectivity index (χ2v) is 6.51. The Morgan fingerprint density at radius 3 is 2.67 bits per heavy atom. The molecule has 128 valence electrons. The van der Waals surface area contributed by atoms with E-state index in [2.05, 4.69) is 29.3 Å². The predicted molar refractivity (Wildman–Crippen MR) is 96.9 cm³/mol. The van der Waals surface area contributed by atoms with E-state index in [1.54, 1.807) is 0 Å². The monoisotopic (exact) mass is 325 g/mol. The standard InChI is InChI=1S/C20H27N3O/c1-2-22-14-8-11-18(22)16-21-20(24)19(23-12-6-7-13-23)15-17-9-4-3-5-10-17/h3-7,9-10,12-13,18-19H,2,8,11,14-16H2,1H3,(H,21,24)/t18?,19-/m1/s1. The van der Waals surface area contributed by atoms with Crippen LogP contribution in [0.2, 0.25) is 0 Å². The number of likely N-dealkylation sites (N-methyl/N-ethyl adjacent to an activating group) is 1. The molecule has 1 fully saturated rings. The van der Waals surface area contributed by atoms with Crippen LogP contribution in [0.3, 0.4) is 0 Å². The maximum Gasteiger partial charge on any atom is 0.243 e. The lowest BCUT2D eigenvalue weighted by atomic mass is 10.0. The van der Waals surface area contributed by atoms with Crippen LogP contribution in [0.5, 0.6) is 0 Å². The summed E-state index contributed by atoms with van der Waals surface area (Å²) in [6.07, 6.45) is 7.08. The molecule has 0 bridgehead atoms. The Morgan fingerprint density at radius 1 is 1.21 bits per heavy atom. The van der Waals surface area contributed by atoms with Gasteiger partial charge in [0.15, 0.2) is 0 Å². The molecular formula is C20H27N3O. The smallest absolute Gasteiger partial charge is 0.243 e. The van der Waals surface area contributed by atoms with Crippen molar-refractivity contribution in [2.75, 3.05) is 19.6 Å². The number of rotatable bonds is 7. The minimum atomic E-state index is -0.195. The highest BCUT2D eigenvalue weighted by Crippen LogP contribution is 2.18. The predicted octanol–water partition coefficient (Wildman–Crippen LogP) is 2.87.